The minimum atomic E-state index is 0.0652. The molecule has 4 heteroatoms. The Morgan fingerprint density at radius 2 is 1.50 bits per heavy atom. The summed E-state index contributed by atoms with van der Waals surface area (Å²) in [7, 11) is 1.91. The van der Waals surface area contributed by atoms with Crippen LogP contribution in [0.3, 0.4) is 0 Å². The van der Waals surface area contributed by atoms with Gasteiger partial charge in [-0.05, 0) is 17.2 Å². The third-order valence-electron chi connectivity index (χ3n) is 4.05. The zero-order valence-corrected chi connectivity index (χ0v) is 13.4. The van der Waals surface area contributed by atoms with Gasteiger partial charge in [0.2, 0.25) is 0 Å². The van der Waals surface area contributed by atoms with Crippen LogP contribution in [0.1, 0.15) is 17.2 Å². The molecule has 0 fully saturated rings. The molecule has 4 aromatic rings. The van der Waals surface area contributed by atoms with Gasteiger partial charge in [0.15, 0.2) is 0 Å². The molecule has 0 atom stereocenters. The Balaban J connectivity index is 1.73. The van der Waals surface area contributed by atoms with Crippen LogP contribution in [0.4, 0.5) is 5.69 Å². The maximum atomic E-state index is 4.50. The van der Waals surface area contributed by atoms with Gasteiger partial charge in [0.1, 0.15) is 11.0 Å². The second-order valence-corrected chi connectivity index (χ2v) is 5.83. The number of rotatable bonds is 4. The monoisotopic (exact) mass is 314 g/mol. The van der Waals surface area contributed by atoms with E-state index in [0.717, 1.165) is 16.7 Å². The molecule has 0 aliphatic carbocycles. The Bertz CT molecular complexity index is 906. The van der Waals surface area contributed by atoms with Crippen molar-refractivity contribution < 1.29 is 0 Å². The van der Waals surface area contributed by atoms with E-state index in [1.807, 2.05) is 37.6 Å². The largest absolute Gasteiger partial charge is 0.373 e. The fourth-order valence-electron chi connectivity index (χ4n) is 2.91. The fourth-order valence-corrected chi connectivity index (χ4v) is 2.91. The highest BCUT2D eigenvalue weighted by molar-refractivity contribution is 5.77. The molecule has 0 spiro atoms. The number of anilines is 1. The van der Waals surface area contributed by atoms with Crippen LogP contribution < -0.4 is 5.32 Å². The van der Waals surface area contributed by atoms with Gasteiger partial charge in [-0.2, -0.15) is 5.10 Å². The Labute approximate surface area is 140 Å². The van der Waals surface area contributed by atoms with E-state index in [0.29, 0.717) is 0 Å². The maximum Gasteiger partial charge on any atom is 0.113 e. The first kappa shape index (κ1) is 14.5. The number of hydrogen-bond acceptors (Lipinski definition) is 3. The summed E-state index contributed by atoms with van der Waals surface area (Å²) in [5.74, 6) is 0. The summed E-state index contributed by atoms with van der Waals surface area (Å²) in [5.41, 5.74) is 5.18. The van der Waals surface area contributed by atoms with Crippen LogP contribution in [0.2, 0.25) is 0 Å². The first-order valence-electron chi connectivity index (χ1n) is 7.95. The van der Waals surface area contributed by atoms with Crippen molar-refractivity contribution in [3.8, 4) is 0 Å². The van der Waals surface area contributed by atoms with E-state index in [1.54, 1.807) is 4.68 Å². The third-order valence-corrected chi connectivity index (χ3v) is 4.05. The number of benzene rings is 2. The SMILES string of the molecule is Cn1cc2ncc(NC(c3ccccc3)c3ccccc3)cc2n1. The highest BCUT2D eigenvalue weighted by atomic mass is 15.3. The lowest BCUT2D eigenvalue weighted by Gasteiger charge is -2.21. The summed E-state index contributed by atoms with van der Waals surface area (Å²) >= 11 is 0. The minimum absolute atomic E-state index is 0.0652. The number of aryl methyl sites for hydroxylation is 1. The second kappa shape index (κ2) is 6.16. The molecule has 2 heterocycles. The molecule has 0 unspecified atom stereocenters. The molecule has 0 aliphatic rings. The highest BCUT2D eigenvalue weighted by Crippen LogP contribution is 2.27. The molecule has 0 radical (unpaired) electrons. The summed E-state index contributed by atoms with van der Waals surface area (Å²) in [5, 5.41) is 8.04. The first-order valence-corrected chi connectivity index (χ1v) is 7.95. The summed E-state index contributed by atoms with van der Waals surface area (Å²) in [6.07, 6.45) is 3.79. The van der Waals surface area contributed by atoms with E-state index in [4.69, 9.17) is 0 Å². The predicted octanol–water partition coefficient (Wildman–Crippen LogP) is 4.17. The van der Waals surface area contributed by atoms with Gasteiger partial charge in [-0.1, -0.05) is 60.7 Å². The average molecular weight is 314 g/mol. The van der Waals surface area contributed by atoms with Crippen molar-refractivity contribution in [1.82, 2.24) is 14.8 Å². The number of aromatic nitrogens is 3. The highest BCUT2D eigenvalue weighted by Gasteiger charge is 2.14. The quantitative estimate of drug-likeness (QED) is 0.615. The number of nitrogens with one attached hydrogen (secondary N) is 1. The summed E-state index contributed by atoms with van der Waals surface area (Å²) in [4.78, 5) is 4.50. The molecule has 0 bridgehead atoms. The van der Waals surface area contributed by atoms with Gasteiger partial charge in [0.25, 0.3) is 0 Å². The number of hydrogen-bond donors (Lipinski definition) is 1. The maximum absolute atomic E-state index is 4.50. The van der Waals surface area contributed by atoms with Gasteiger partial charge in [0.05, 0.1) is 24.1 Å². The van der Waals surface area contributed by atoms with Crippen LogP contribution in [0, 0.1) is 0 Å². The van der Waals surface area contributed by atoms with Crippen LogP contribution in [-0.4, -0.2) is 14.8 Å². The molecule has 1 N–H and O–H groups in total. The molecule has 2 aromatic heterocycles. The lowest BCUT2D eigenvalue weighted by atomic mass is 9.98. The summed E-state index contributed by atoms with van der Waals surface area (Å²) < 4.78 is 1.79. The first-order chi connectivity index (χ1) is 11.8. The fraction of sp³-hybridized carbons (Fsp3) is 0.100. The molecule has 24 heavy (non-hydrogen) atoms. The van der Waals surface area contributed by atoms with Gasteiger partial charge in [-0.25, -0.2) is 0 Å². The van der Waals surface area contributed by atoms with Crippen molar-refractivity contribution in [3.05, 3.63) is 90.3 Å². The van der Waals surface area contributed by atoms with E-state index >= 15 is 0 Å². The van der Waals surface area contributed by atoms with Crippen LogP contribution in [-0.2, 0) is 7.05 Å². The van der Waals surface area contributed by atoms with Gasteiger partial charge < -0.3 is 5.32 Å². The smallest absolute Gasteiger partial charge is 0.113 e. The van der Waals surface area contributed by atoms with E-state index in [1.165, 1.54) is 11.1 Å². The summed E-state index contributed by atoms with van der Waals surface area (Å²) in [6.45, 7) is 0. The van der Waals surface area contributed by atoms with Crippen LogP contribution >= 0.6 is 0 Å². The van der Waals surface area contributed by atoms with Crippen molar-refractivity contribution in [2.24, 2.45) is 7.05 Å². The van der Waals surface area contributed by atoms with Crippen molar-refractivity contribution in [2.45, 2.75) is 6.04 Å². The molecule has 0 saturated carbocycles. The summed E-state index contributed by atoms with van der Waals surface area (Å²) in [6, 6.07) is 23.0. The topological polar surface area (TPSA) is 42.7 Å². The number of nitrogens with zero attached hydrogens (tertiary/aromatic N) is 3. The molecule has 118 valence electrons. The van der Waals surface area contributed by atoms with E-state index in [9.17, 15) is 0 Å². The molecular formula is C20H18N4. The lowest BCUT2D eigenvalue weighted by Crippen LogP contribution is -2.12. The van der Waals surface area contributed by atoms with Crippen molar-refractivity contribution in [2.75, 3.05) is 5.32 Å². The Hall–Kier alpha value is -3.14. The van der Waals surface area contributed by atoms with Crippen LogP contribution in [0.15, 0.2) is 79.1 Å². The van der Waals surface area contributed by atoms with Crippen LogP contribution in [0.25, 0.3) is 11.0 Å². The molecule has 4 nitrogen and oxygen atoms in total. The van der Waals surface area contributed by atoms with Gasteiger partial charge in [-0.3, -0.25) is 9.67 Å². The lowest BCUT2D eigenvalue weighted by molar-refractivity contribution is 0.779. The van der Waals surface area contributed by atoms with Crippen molar-refractivity contribution in [3.63, 3.8) is 0 Å². The standard InChI is InChI=1S/C20H18N4/c1-24-14-19-18(23-24)12-17(13-21-19)22-20(15-8-4-2-5-9-15)16-10-6-3-7-11-16/h2-14,20,22H,1H3. The molecule has 0 aliphatic heterocycles. The zero-order chi connectivity index (χ0) is 16.4. The van der Waals surface area contributed by atoms with Crippen molar-refractivity contribution >= 4 is 16.7 Å². The Morgan fingerprint density at radius 1 is 0.875 bits per heavy atom. The molecule has 2 aromatic carbocycles. The third kappa shape index (κ3) is 2.86. The zero-order valence-electron chi connectivity index (χ0n) is 13.4. The predicted molar refractivity (Wildman–Crippen MR) is 96.9 cm³/mol. The normalized spacial score (nSPS) is 11.1. The number of pyridine rings is 1. The van der Waals surface area contributed by atoms with Gasteiger partial charge in [-0.15, -0.1) is 0 Å². The van der Waals surface area contributed by atoms with E-state index in [-0.39, 0.29) is 6.04 Å². The number of fused-ring (bicyclic) bond motifs is 1. The Morgan fingerprint density at radius 3 is 2.12 bits per heavy atom. The van der Waals surface area contributed by atoms with E-state index in [2.05, 4.69) is 63.9 Å². The van der Waals surface area contributed by atoms with Gasteiger partial charge >= 0.3 is 0 Å². The van der Waals surface area contributed by atoms with Crippen LogP contribution in [0.5, 0.6) is 0 Å². The van der Waals surface area contributed by atoms with E-state index < -0.39 is 0 Å². The van der Waals surface area contributed by atoms with Gasteiger partial charge in [0, 0.05) is 7.05 Å². The molecule has 0 amide bonds. The average Bonchev–Trinajstić information content (AvgIpc) is 3.00. The molecule has 4 rings (SSSR count). The minimum Gasteiger partial charge on any atom is -0.373 e. The molecular weight excluding hydrogens is 296 g/mol. The Kier molecular flexibility index (Phi) is 3.71. The second-order valence-electron chi connectivity index (χ2n) is 5.83. The van der Waals surface area contributed by atoms with Crippen molar-refractivity contribution in [1.29, 1.82) is 0 Å². The molecule has 0 saturated heterocycles.